The van der Waals surface area contributed by atoms with Gasteiger partial charge in [0.25, 0.3) is 0 Å². The van der Waals surface area contributed by atoms with Gasteiger partial charge in [-0.3, -0.25) is 57.5 Å². The lowest BCUT2D eigenvalue weighted by atomic mass is 9.95. The number of likely N-dealkylation sites (tertiary alicyclic amines) is 1. The molecule has 0 aliphatic carbocycles. The van der Waals surface area contributed by atoms with Crippen LogP contribution < -0.4 is 21.3 Å². The van der Waals surface area contributed by atoms with E-state index in [1.165, 1.54) is 94.6 Å². The van der Waals surface area contributed by atoms with Crippen LogP contribution in [0.1, 0.15) is 146 Å². The first-order valence-electron chi connectivity index (χ1n) is 32.1. The van der Waals surface area contributed by atoms with Crippen molar-refractivity contribution >= 4 is 70.9 Å². The number of rotatable bonds is 12. The molecule has 2 heterocycles. The van der Waals surface area contributed by atoms with Gasteiger partial charge in [0.15, 0.2) is 0 Å². The molecule has 12 amide bonds. The number of benzene rings is 1. The maximum Gasteiger partial charge on any atom is 0.248 e. The van der Waals surface area contributed by atoms with Gasteiger partial charge < -0.3 is 65.6 Å². The summed E-state index contributed by atoms with van der Waals surface area (Å²) in [4.78, 5) is 183. The summed E-state index contributed by atoms with van der Waals surface area (Å²) in [6.45, 7) is 19.2. The Kier molecular flexibility index (Phi) is 30.8. The quantitative estimate of drug-likeness (QED) is 0.201. The average Bonchev–Trinajstić information content (AvgIpc) is 0.926. The van der Waals surface area contributed by atoms with E-state index in [1.54, 1.807) is 42.2 Å². The molecule has 1 aromatic rings. The highest BCUT2D eigenvalue weighted by atomic mass is 16.3. The molecule has 2 aliphatic heterocycles. The van der Waals surface area contributed by atoms with Crippen LogP contribution in [-0.4, -0.2) is 251 Å². The van der Waals surface area contributed by atoms with Gasteiger partial charge in [-0.25, -0.2) is 0 Å². The lowest BCUT2D eigenvalue weighted by molar-refractivity contribution is -0.151. The van der Waals surface area contributed by atoms with Crippen molar-refractivity contribution in [2.75, 3.05) is 75.5 Å². The SMILES string of the molecule is CC[C@H](C)[C@@H]1NC(=O)[C@H](CC(C)C)N(C)C(=O)[C@H](CC(C)C)N(C)C(=O)[C@H](C)NC(=O)CCCN(C)C(=O)C[C@@H](C(=O)N2CCCCC2)NC(=O)[C@H](CC(C)C)N(C)C(=O)[C@H](Cc2ccccc2)N(C)C(=O)CN(C)C(=O)[C@H]([C@@H](C)O)NC(=O)[C@H](C)N(C)C1=O. The van der Waals surface area contributed by atoms with E-state index in [1.807, 2.05) is 48.5 Å². The summed E-state index contributed by atoms with van der Waals surface area (Å²) < 4.78 is 0. The fourth-order valence-corrected chi connectivity index (χ4v) is 11.2. The first-order chi connectivity index (χ1) is 42.1. The predicted molar refractivity (Wildman–Crippen MR) is 341 cm³/mol. The van der Waals surface area contributed by atoms with Crippen molar-refractivity contribution in [1.29, 1.82) is 0 Å². The zero-order valence-electron chi connectivity index (χ0n) is 57.0. The molecule has 25 nitrogen and oxygen atoms in total. The number of nitrogens with zero attached hydrogens (tertiary/aromatic N) is 8. The molecule has 90 heavy (non-hydrogen) atoms. The number of piperidine rings is 1. The Morgan fingerprint density at radius 1 is 0.522 bits per heavy atom. The highest BCUT2D eigenvalue weighted by Crippen LogP contribution is 2.23. The first kappa shape index (κ1) is 77.1. The van der Waals surface area contributed by atoms with Gasteiger partial charge in [0, 0.05) is 81.8 Å². The van der Waals surface area contributed by atoms with Gasteiger partial charge in [0.1, 0.15) is 54.4 Å². The molecule has 0 radical (unpaired) electrons. The van der Waals surface area contributed by atoms with Crippen molar-refractivity contribution in [2.24, 2.45) is 23.7 Å². The molecule has 0 spiro atoms. The molecule has 11 atom stereocenters. The topological polar surface area (TPSA) is 299 Å². The Bertz CT molecular complexity index is 2630. The average molecular weight is 1270 g/mol. The highest BCUT2D eigenvalue weighted by molar-refractivity contribution is 5.99. The van der Waals surface area contributed by atoms with E-state index in [2.05, 4.69) is 21.3 Å². The van der Waals surface area contributed by atoms with E-state index in [4.69, 9.17) is 0 Å². The smallest absolute Gasteiger partial charge is 0.248 e. The van der Waals surface area contributed by atoms with E-state index < -0.39 is 150 Å². The van der Waals surface area contributed by atoms with Crippen molar-refractivity contribution in [3.63, 3.8) is 0 Å². The number of likely N-dealkylation sites (N-methyl/N-ethyl adjacent to an activating group) is 6. The second-order valence-electron chi connectivity index (χ2n) is 26.3. The summed E-state index contributed by atoms with van der Waals surface area (Å²) in [6.07, 6.45) is 1.23. The molecule has 1 aromatic carbocycles. The van der Waals surface area contributed by atoms with Gasteiger partial charge in [0.2, 0.25) is 70.9 Å². The van der Waals surface area contributed by atoms with Gasteiger partial charge in [-0.2, -0.15) is 0 Å². The maximum absolute atomic E-state index is 15.1. The summed E-state index contributed by atoms with van der Waals surface area (Å²) in [7, 11) is 9.90. The van der Waals surface area contributed by atoms with Crippen LogP contribution in [0.3, 0.4) is 0 Å². The molecule has 0 aromatic heterocycles. The van der Waals surface area contributed by atoms with Crippen molar-refractivity contribution in [1.82, 2.24) is 60.5 Å². The third-order valence-corrected chi connectivity index (χ3v) is 17.4. The molecule has 2 fully saturated rings. The third kappa shape index (κ3) is 22.0. The lowest BCUT2D eigenvalue weighted by Crippen LogP contribution is -2.61. The minimum Gasteiger partial charge on any atom is -0.391 e. The molecule has 0 saturated carbocycles. The van der Waals surface area contributed by atoms with Crippen molar-refractivity contribution < 1.29 is 62.6 Å². The monoisotopic (exact) mass is 1260 g/mol. The van der Waals surface area contributed by atoms with Crippen LogP contribution in [0, 0.1) is 23.7 Å². The van der Waals surface area contributed by atoms with Crippen LogP contribution in [0.5, 0.6) is 0 Å². The minimum absolute atomic E-state index is 0.0286. The molecule has 0 bridgehead atoms. The number of carbonyl (C=O) groups excluding carboxylic acids is 12. The van der Waals surface area contributed by atoms with Crippen LogP contribution in [0.2, 0.25) is 0 Å². The molecule has 2 aliphatic rings. The maximum atomic E-state index is 15.1. The number of carbonyl (C=O) groups is 12. The third-order valence-electron chi connectivity index (χ3n) is 17.4. The fraction of sp³-hybridized carbons (Fsp3) is 0.723. The Morgan fingerprint density at radius 2 is 1.02 bits per heavy atom. The van der Waals surface area contributed by atoms with Crippen LogP contribution in [-0.2, 0) is 64.0 Å². The molecule has 25 heteroatoms. The van der Waals surface area contributed by atoms with Crippen LogP contribution in [0.4, 0.5) is 0 Å². The van der Waals surface area contributed by atoms with E-state index in [0.717, 1.165) is 29.1 Å². The Morgan fingerprint density at radius 3 is 1.54 bits per heavy atom. The molecular weight excluding hydrogens is 1160 g/mol. The van der Waals surface area contributed by atoms with Gasteiger partial charge in [-0.05, 0) is 95.0 Å². The summed E-state index contributed by atoms with van der Waals surface area (Å²) in [5, 5.41) is 22.0. The van der Waals surface area contributed by atoms with Crippen LogP contribution in [0.15, 0.2) is 30.3 Å². The Labute approximate surface area is 534 Å². The van der Waals surface area contributed by atoms with Gasteiger partial charge >= 0.3 is 0 Å². The van der Waals surface area contributed by atoms with Crippen LogP contribution >= 0.6 is 0 Å². The summed E-state index contributed by atoms with van der Waals surface area (Å²) in [6, 6.07) is -2.47. The number of aliphatic hydroxyl groups excluding tert-OH is 1. The molecule has 3 rings (SSSR count). The number of aliphatic hydroxyl groups is 1. The molecular formula is C65H108N12O13. The van der Waals surface area contributed by atoms with Gasteiger partial charge in [-0.15, -0.1) is 0 Å². The fourth-order valence-electron chi connectivity index (χ4n) is 11.2. The molecule has 2 saturated heterocycles. The first-order valence-corrected chi connectivity index (χ1v) is 32.1. The molecule has 0 unspecified atom stereocenters. The Hall–Kier alpha value is -7.18. The Balaban J connectivity index is 2.19. The second kappa shape index (κ2) is 36.0. The normalized spacial score (nSPS) is 26.3. The van der Waals surface area contributed by atoms with Crippen molar-refractivity contribution in [3.8, 4) is 0 Å². The highest BCUT2D eigenvalue weighted by Gasteiger charge is 2.43. The number of amides is 12. The van der Waals surface area contributed by atoms with Gasteiger partial charge in [-0.1, -0.05) is 92.1 Å². The summed E-state index contributed by atoms with van der Waals surface area (Å²) in [5.74, 6) is -8.72. The van der Waals surface area contributed by atoms with Crippen LogP contribution in [0.25, 0.3) is 0 Å². The largest absolute Gasteiger partial charge is 0.391 e. The van der Waals surface area contributed by atoms with Crippen molar-refractivity contribution in [3.05, 3.63) is 35.9 Å². The molecule has 5 N–H and O–H groups in total. The number of nitrogens with one attached hydrogen (secondary N) is 4. The van der Waals surface area contributed by atoms with E-state index in [-0.39, 0.29) is 62.8 Å². The summed E-state index contributed by atoms with van der Waals surface area (Å²) in [5.41, 5.74) is 0.660. The standard InChI is InChI=1S/C65H108N12O13/c1-19-42(8)55-65(90)72(14)44(10)57(82)69-56(45(11)78)64(89)71(13)38-54(81)73(15)51(36-46-27-22-20-23-28-46)63(88)74(16)48(33-39(2)3)58(83)67-47(61(86)77-31-24-21-25-32-77)37-53(80)70(12)30-26-29-52(79)66-43(9)60(85)76(18)50(35-41(6)7)62(87)75(17)49(34-40(4)5)59(84)68-55/h20,22-23,27-28,39-45,47-51,55-56,78H,19,21,24-26,29-38H2,1-18H3,(H,66,79)(H,67,83)(H,68,84)(H,69,82)/t42-,43-,44-,45+,47-,48-,49-,50-,51-,55-,56-/m0/s1. The zero-order chi connectivity index (χ0) is 68.2. The minimum atomic E-state index is -1.64. The van der Waals surface area contributed by atoms with E-state index in [9.17, 15) is 57.8 Å². The summed E-state index contributed by atoms with van der Waals surface area (Å²) >= 11 is 0. The molecule has 506 valence electrons. The lowest BCUT2D eigenvalue weighted by Gasteiger charge is -2.38. The zero-order valence-corrected chi connectivity index (χ0v) is 57.0. The van der Waals surface area contributed by atoms with E-state index in [0.29, 0.717) is 25.1 Å². The van der Waals surface area contributed by atoms with Crippen molar-refractivity contribution in [2.45, 2.75) is 207 Å². The second-order valence-corrected chi connectivity index (χ2v) is 26.3. The number of hydrogen-bond donors (Lipinski definition) is 5. The van der Waals surface area contributed by atoms with Gasteiger partial charge in [0.05, 0.1) is 19.1 Å². The predicted octanol–water partition coefficient (Wildman–Crippen LogP) is 2.02. The van der Waals surface area contributed by atoms with E-state index >= 15 is 4.79 Å². The number of hydrogen-bond acceptors (Lipinski definition) is 13.